The summed E-state index contributed by atoms with van der Waals surface area (Å²) in [5, 5.41) is 9.03. The first-order chi connectivity index (χ1) is 11.4. The average Bonchev–Trinajstić information content (AvgIpc) is 2.74. The van der Waals surface area contributed by atoms with Gasteiger partial charge in [-0.1, -0.05) is 23.8 Å². The first-order valence-corrected chi connectivity index (χ1v) is 8.64. The summed E-state index contributed by atoms with van der Waals surface area (Å²) in [5.41, 5.74) is 3.92. The zero-order valence-corrected chi connectivity index (χ0v) is 14.9. The van der Waals surface area contributed by atoms with E-state index in [1.165, 1.54) is 28.5 Å². The third-order valence-corrected chi connectivity index (χ3v) is 4.84. The van der Waals surface area contributed by atoms with Crippen molar-refractivity contribution in [1.29, 1.82) is 0 Å². The molecule has 0 aromatic heterocycles. The van der Waals surface area contributed by atoms with Crippen LogP contribution >= 0.6 is 0 Å². The Bertz CT molecular complexity index is 600. The van der Waals surface area contributed by atoms with Gasteiger partial charge in [-0.05, 0) is 50.8 Å². The first-order valence-electron chi connectivity index (χ1n) is 8.64. The zero-order valence-electron chi connectivity index (χ0n) is 14.9. The lowest BCUT2D eigenvalue weighted by Gasteiger charge is -2.29. The molecule has 1 aromatic carbocycles. The third-order valence-electron chi connectivity index (χ3n) is 4.84. The Labute approximate surface area is 144 Å². The van der Waals surface area contributed by atoms with Gasteiger partial charge >= 0.3 is 5.97 Å². The second-order valence-electron chi connectivity index (χ2n) is 6.83. The Morgan fingerprint density at radius 1 is 1.25 bits per heavy atom. The van der Waals surface area contributed by atoms with Gasteiger partial charge in [0.1, 0.15) is 6.54 Å². The average molecular weight is 332 g/mol. The highest BCUT2D eigenvalue weighted by Gasteiger charge is 2.26. The number of amides is 1. The molecule has 1 saturated heterocycles. The highest BCUT2D eigenvalue weighted by Crippen LogP contribution is 2.20. The molecule has 0 saturated carbocycles. The second kappa shape index (κ2) is 8.29. The van der Waals surface area contributed by atoms with Crippen molar-refractivity contribution in [2.24, 2.45) is 0 Å². The van der Waals surface area contributed by atoms with E-state index in [9.17, 15) is 9.59 Å². The molecule has 1 aliphatic heterocycles. The number of rotatable bonds is 5. The normalized spacial score (nSPS) is 18.9. The summed E-state index contributed by atoms with van der Waals surface area (Å²) < 4.78 is 0. The number of hydrogen-bond acceptors (Lipinski definition) is 3. The van der Waals surface area contributed by atoms with E-state index in [2.05, 4.69) is 36.9 Å². The zero-order chi connectivity index (χ0) is 17.7. The lowest BCUT2D eigenvalue weighted by Crippen LogP contribution is -2.42. The molecule has 1 atom stereocenters. The smallest absolute Gasteiger partial charge is 0.323 e. The fraction of sp³-hybridized carbons (Fsp3) is 0.579. The number of aryl methyl sites for hydroxylation is 2. The van der Waals surface area contributed by atoms with Gasteiger partial charge in [-0.2, -0.15) is 0 Å². The molecule has 132 valence electrons. The summed E-state index contributed by atoms with van der Waals surface area (Å²) in [6.07, 6.45) is 2.69. The first kappa shape index (κ1) is 18.5. The van der Waals surface area contributed by atoms with Crippen LogP contribution in [0.1, 0.15) is 42.9 Å². The Morgan fingerprint density at radius 2 is 2.00 bits per heavy atom. The molecule has 0 radical (unpaired) electrons. The van der Waals surface area contributed by atoms with Crippen LogP contribution in [-0.2, 0) is 16.1 Å². The lowest BCUT2D eigenvalue weighted by molar-refractivity contribution is -0.145. The molecule has 0 aliphatic carbocycles. The van der Waals surface area contributed by atoms with Crippen LogP contribution in [0.5, 0.6) is 0 Å². The fourth-order valence-corrected chi connectivity index (χ4v) is 3.46. The van der Waals surface area contributed by atoms with Crippen molar-refractivity contribution in [1.82, 2.24) is 9.80 Å². The molecule has 0 spiro atoms. The van der Waals surface area contributed by atoms with Gasteiger partial charge in [0.25, 0.3) is 0 Å². The fourth-order valence-electron chi connectivity index (χ4n) is 3.46. The van der Waals surface area contributed by atoms with E-state index >= 15 is 0 Å². The van der Waals surface area contributed by atoms with Crippen LogP contribution in [-0.4, -0.2) is 52.5 Å². The Hall–Kier alpha value is -1.88. The number of carboxylic acid groups (broad SMARTS) is 1. The van der Waals surface area contributed by atoms with Crippen LogP contribution in [0, 0.1) is 13.8 Å². The Morgan fingerprint density at radius 3 is 2.67 bits per heavy atom. The maximum atomic E-state index is 11.8. The molecule has 2 rings (SSSR count). The number of nitrogens with zero attached hydrogens (tertiary/aromatic N) is 2. The summed E-state index contributed by atoms with van der Waals surface area (Å²) in [6, 6.07) is 6.57. The van der Waals surface area contributed by atoms with Gasteiger partial charge in [0.2, 0.25) is 5.91 Å². The summed E-state index contributed by atoms with van der Waals surface area (Å²) in [6.45, 7) is 8.31. The van der Waals surface area contributed by atoms with Crippen LogP contribution in [0.15, 0.2) is 18.2 Å². The SMILES string of the molecule is CC(=O)N(CC(=O)O)[C@@H]1CCCN(Cc2cc(C)ccc2C)CC1. The highest BCUT2D eigenvalue weighted by atomic mass is 16.4. The second-order valence-corrected chi connectivity index (χ2v) is 6.83. The van der Waals surface area contributed by atoms with E-state index in [0.29, 0.717) is 0 Å². The predicted octanol–water partition coefficient (Wildman–Crippen LogP) is 2.59. The number of carbonyl (C=O) groups is 2. The van der Waals surface area contributed by atoms with Crippen LogP contribution in [0.3, 0.4) is 0 Å². The Balaban J connectivity index is 2.00. The minimum atomic E-state index is -0.943. The van der Waals surface area contributed by atoms with Gasteiger partial charge in [0.15, 0.2) is 0 Å². The number of aliphatic carboxylic acids is 1. The van der Waals surface area contributed by atoms with Crippen molar-refractivity contribution < 1.29 is 14.7 Å². The van der Waals surface area contributed by atoms with Gasteiger partial charge in [0, 0.05) is 26.1 Å². The molecule has 1 aliphatic rings. The van der Waals surface area contributed by atoms with Crippen molar-refractivity contribution in [2.45, 2.75) is 52.6 Å². The minimum absolute atomic E-state index is 0.0298. The van der Waals surface area contributed by atoms with Gasteiger partial charge < -0.3 is 10.0 Å². The molecule has 5 heteroatoms. The number of carbonyl (C=O) groups excluding carboxylic acids is 1. The molecular weight excluding hydrogens is 304 g/mol. The maximum absolute atomic E-state index is 11.8. The van der Waals surface area contributed by atoms with Crippen LogP contribution in [0.4, 0.5) is 0 Å². The van der Waals surface area contributed by atoms with E-state index < -0.39 is 5.97 Å². The predicted molar refractivity (Wildman–Crippen MR) is 93.9 cm³/mol. The largest absolute Gasteiger partial charge is 0.480 e. The maximum Gasteiger partial charge on any atom is 0.323 e. The lowest BCUT2D eigenvalue weighted by atomic mass is 10.1. The summed E-state index contributed by atoms with van der Waals surface area (Å²) in [4.78, 5) is 26.7. The third kappa shape index (κ3) is 5.06. The highest BCUT2D eigenvalue weighted by molar-refractivity contribution is 5.79. The minimum Gasteiger partial charge on any atom is -0.480 e. The van der Waals surface area contributed by atoms with Crippen molar-refractivity contribution in [3.8, 4) is 0 Å². The van der Waals surface area contributed by atoms with Gasteiger partial charge in [-0.25, -0.2) is 0 Å². The van der Waals surface area contributed by atoms with Crippen molar-refractivity contribution in [2.75, 3.05) is 19.6 Å². The van der Waals surface area contributed by atoms with Crippen molar-refractivity contribution in [3.05, 3.63) is 34.9 Å². The van der Waals surface area contributed by atoms with E-state index in [1.54, 1.807) is 0 Å². The quantitative estimate of drug-likeness (QED) is 0.900. The van der Waals surface area contributed by atoms with E-state index in [4.69, 9.17) is 5.11 Å². The molecule has 5 nitrogen and oxygen atoms in total. The van der Waals surface area contributed by atoms with Gasteiger partial charge in [-0.15, -0.1) is 0 Å². The van der Waals surface area contributed by atoms with Crippen LogP contribution < -0.4 is 0 Å². The topological polar surface area (TPSA) is 60.9 Å². The standard InChI is InChI=1S/C19H28N2O3/c1-14-6-7-15(2)17(11-14)12-20-9-4-5-18(8-10-20)21(16(3)22)13-19(23)24/h6-7,11,18H,4-5,8-10,12-13H2,1-3H3,(H,23,24)/t18-/m1/s1. The number of hydrogen-bond donors (Lipinski definition) is 1. The molecule has 24 heavy (non-hydrogen) atoms. The number of likely N-dealkylation sites (tertiary alicyclic amines) is 1. The molecule has 0 unspecified atom stereocenters. The number of carboxylic acids is 1. The molecule has 1 amide bonds. The van der Waals surface area contributed by atoms with Crippen LogP contribution in [0.2, 0.25) is 0 Å². The molecule has 1 N–H and O–H groups in total. The Kier molecular flexibility index (Phi) is 6.37. The summed E-state index contributed by atoms with van der Waals surface area (Å²) >= 11 is 0. The van der Waals surface area contributed by atoms with Gasteiger partial charge in [0.05, 0.1) is 0 Å². The molecule has 1 aromatic rings. The molecular formula is C19H28N2O3. The summed E-state index contributed by atoms with van der Waals surface area (Å²) in [7, 11) is 0. The van der Waals surface area contributed by atoms with E-state index in [0.717, 1.165) is 38.9 Å². The summed E-state index contributed by atoms with van der Waals surface area (Å²) in [5.74, 6) is -1.09. The molecule has 0 bridgehead atoms. The van der Waals surface area contributed by atoms with E-state index in [-0.39, 0.29) is 18.5 Å². The van der Waals surface area contributed by atoms with Crippen LogP contribution in [0.25, 0.3) is 0 Å². The monoisotopic (exact) mass is 332 g/mol. The number of benzene rings is 1. The van der Waals surface area contributed by atoms with Crippen molar-refractivity contribution >= 4 is 11.9 Å². The molecule has 1 fully saturated rings. The molecule has 1 heterocycles. The van der Waals surface area contributed by atoms with Crippen molar-refractivity contribution in [3.63, 3.8) is 0 Å². The van der Waals surface area contributed by atoms with Gasteiger partial charge in [-0.3, -0.25) is 14.5 Å². The van der Waals surface area contributed by atoms with E-state index in [1.807, 2.05) is 0 Å².